The monoisotopic (exact) mass is 359 g/mol. The first kappa shape index (κ1) is 16.4. The van der Waals surface area contributed by atoms with Crippen molar-refractivity contribution in [2.75, 3.05) is 5.32 Å². The zero-order valence-corrected chi connectivity index (χ0v) is 13.9. The van der Waals surface area contributed by atoms with Crippen molar-refractivity contribution in [3.63, 3.8) is 0 Å². The number of aromatic hydroxyl groups is 1. The summed E-state index contributed by atoms with van der Waals surface area (Å²) in [5, 5.41) is 26.4. The third kappa shape index (κ3) is 3.36. The molecule has 1 amide bonds. The lowest BCUT2D eigenvalue weighted by Crippen LogP contribution is -2.13. The van der Waals surface area contributed by atoms with Gasteiger partial charge in [0.2, 0.25) is 0 Å². The number of pyridine rings is 1. The number of phenolic OH excluding ortho intramolecular Hbond substituents is 1. The van der Waals surface area contributed by atoms with E-state index in [-0.39, 0.29) is 17.0 Å². The number of hydrogen-bond acceptors (Lipinski definition) is 7. The van der Waals surface area contributed by atoms with Gasteiger partial charge < -0.3 is 14.9 Å². The minimum atomic E-state index is -0.501. The zero-order chi connectivity index (χ0) is 18.6. The number of nitrogens with zero attached hydrogens (tertiary/aromatic N) is 4. The molecule has 0 atom stereocenters. The van der Waals surface area contributed by atoms with Gasteiger partial charge in [0.1, 0.15) is 17.2 Å². The van der Waals surface area contributed by atoms with E-state index in [0.29, 0.717) is 16.9 Å². The van der Waals surface area contributed by atoms with Gasteiger partial charge in [-0.2, -0.15) is 0 Å². The Bertz CT molecular complexity index is 1130. The number of carbonyl (C=O) groups excluding carboxylic acids is 1. The van der Waals surface area contributed by atoms with Gasteiger partial charge in [-0.3, -0.25) is 4.79 Å². The van der Waals surface area contributed by atoms with Crippen LogP contribution in [0.4, 0.5) is 17.2 Å². The maximum atomic E-state index is 12.7. The summed E-state index contributed by atoms with van der Waals surface area (Å²) >= 11 is 0. The summed E-state index contributed by atoms with van der Waals surface area (Å²) in [4.78, 5) is 16.7. The van der Waals surface area contributed by atoms with Gasteiger partial charge in [-0.1, -0.05) is 35.5 Å². The van der Waals surface area contributed by atoms with E-state index >= 15 is 0 Å². The Morgan fingerprint density at radius 3 is 2.74 bits per heavy atom. The van der Waals surface area contributed by atoms with Crippen LogP contribution >= 0.6 is 0 Å². The molecule has 0 aliphatic rings. The third-order valence-electron chi connectivity index (χ3n) is 3.83. The first-order valence-corrected chi connectivity index (χ1v) is 8.00. The molecule has 0 saturated heterocycles. The first-order valence-electron chi connectivity index (χ1n) is 8.00. The Hall–Kier alpha value is -4.07. The lowest BCUT2D eigenvalue weighted by atomic mass is 10.0. The predicted molar refractivity (Wildman–Crippen MR) is 98.5 cm³/mol. The molecule has 8 nitrogen and oxygen atoms in total. The molecule has 0 radical (unpaired) electrons. The fourth-order valence-electron chi connectivity index (χ4n) is 2.57. The number of amides is 1. The van der Waals surface area contributed by atoms with Gasteiger partial charge in [0.15, 0.2) is 12.0 Å². The van der Waals surface area contributed by atoms with Crippen LogP contribution in [0.1, 0.15) is 10.4 Å². The van der Waals surface area contributed by atoms with E-state index in [1.165, 1.54) is 12.5 Å². The summed E-state index contributed by atoms with van der Waals surface area (Å²) in [5.41, 5.74) is 0.640. The average molecular weight is 359 g/mol. The van der Waals surface area contributed by atoms with Crippen LogP contribution in [0.25, 0.3) is 10.8 Å². The molecule has 2 N–H and O–H groups in total. The molecule has 4 rings (SSSR count). The number of carbonyl (C=O) groups is 1. The smallest absolute Gasteiger partial charge is 0.260 e. The minimum absolute atomic E-state index is 0.0682. The Morgan fingerprint density at radius 1 is 1.11 bits per heavy atom. The maximum Gasteiger partial charge on any atom is 0.260 e. The van der Waals surface area contributed by atoms with Crippen LogP contribution in [-0.2, 0) is 0 Å². The number of fused-ring (bicyclic) bond motifs is 1. The Morgan fingerprint density at radius 2 is 1.96 bits per heavy atom. The van der Waals surface area contributed by atoms with E-state index in [1.54, 1.807) is 36.5 Å². The highest BCUT2D eigenvalue weighted by atomic mass is 16.5. The number of aromatic nitrogens is 2. The van der Waals surface area contributed by atoms with Crippen molar-refractivity contribution in [2.45, 2.75) is 0 Å². The molecule has 2 aromatic heterocycles. The summed E-state index contributed by atoms with van der Waals surface area (Å²) < 4.78 is 4.71. The van der Waals surface area contributed by atoms with E-state index in [1.807, 2.05) is 18.2 Å². The lowest BCUT2D eigenvalue weighted by molar-refractivity contribution is 0.102. The lowest BCUT2D eigenvalue weighted by Gasteiger charge is -2.10. The zero-order valence-electron chi connectivity index (χ0n) is 13.9. The molecule has 132 valence electrons. The Labute approximate surface area is 153 Å². The first-order chi connectivity index (χ1) is 13.2. The van der Waals surface area contributed by atoms with E-state index in [4.69, 9.17) is 4.52 Å². The SMILES string of the molecule is O=C(Nc1ccccn1)c1cc2ccccc2c(N=Nc2cnoc2)c1O. The van der Waals surface area contributed by atoms with Crippen LogP contribution in [0.3, 0.4) is 0 Å². The van der Waals surface area contributed by atoms with Gasteiger partial charge in [-0.15, -0.1) is 10.2 Å². The highest BCUT2D eigenvalue weighted by Gasteiger charge is 2.18. The summed E-state index contributed by atoms with van der Waals surface area (Å²) in [6.07, 6.45) is 4.27. The van der Waals surface area contributed by atoms with Crippen LogP contribution in [0.2, 0.25) is 0 Å². The number of azo groups is 1. The standard InChI is InChI=1S/C19H13N5O3/c25-18-15(19(26)22-16-7-3-4-8-20-16)9-12-5-1-2-6-14(12)17(18)24-23-13-10-21-27-11-13/h1-11,25H,(H,20,22,26). The van der Waals surface area contributed by atoms with Crippen molar-refractivity contribution >= 4 is 33.9 Å². The molecule has 0 aliphatic carbocycles. The van der Waals surface area contributed by atoms with Crippen LogP contribution < -0.4 is 5.32 Å². The van der Waals surface area contributed by atoms with Crippen molar-refractivity contribution in [3.05, 3.63) is 72.8 Å². The average Bonchev–Trinajstić information content (AvgIpc) is 3.21. The molecule has 2 heterocycles. The third-order valence-corrected chi connectivity index (χ3v) is 3.83. The summed E-state index contributed by atoms with van der Waals surface area (Å²) in [6.45, 7) is 0. The number of phenols is 1. The number of rotatable bonds is 4. The number of hydrogen-bond donors (Lipinski definition) is 2. The quantitative estimate of drug-likeness (QED) is 0.517. The van der Waals surface area contributed by atoms with Gasteiger partial charge in [0.05, 0.1) is 11.8 Å². The van der Waals surface area contributed by atoms with Crippen molar-refractivity contribution in [1.29, 1.82) is 0 Å². The molecule has 0 bridgehead atoms. The topological polar surface area (TPSA) is 113 Å². The van der Waals surface area contributed by atoms with Crippen molar-refractivity contribution in [1.82, 2.24) is 10.1 Å². The Balaban J connectivity index is 1.79. The van der Waals surface area contributed by atoms with Gasteiger partial charge in [0, 0.05) is 11.6 Å². The molecule has 0 fully saturated rings. The summed E-state index contributed by atoms with van der Waals surface area (Å²) in [6, 6.07) is 14.0. The second kappa shape index (κ2) is 7.04. The van der Waals surface area contributed by atoms with Gasteiger partial charge >= 0.3 is 0 Å². The van der Waals surface area contributed by atoms with Gasteiger partial charge in [-0.05, 0) is 23.6 Å². The van der Waals surface area contributed by atoms with E-state index in [2.05, 4.69) is 25.7 Å². The van der Waals surface area contributed by atoms with Gasteiger partial charge in [-0.25, -0.2) is 4.98 Å². The van der Waals surface area contributed by atoms with Crippen LogP contribution in [0.5, 0.6) is 5.75 Å². The second-order valence-electron chi connectivity index (χ2n) is 5.59. The predicted octanol–water partition coefficient (Wildman–Crippen LogP) is 4.60. The van der Waals surface area contributed by atoms with E-state index in [9.17, 15) is 9.90 Å². The summed E-state index contributed by atoms with van der Waals surface area (Å²) in [5.74, 6) is -0.400. The molecular weight excluding hydrogens is 346 g/mol. The molecule has 0 spiro atoms. The molecule has 8 heteroatoms. The fraction of sp³-hybridized carbons (Fsp3) is 0. The highest BCUT2D eigenvalue weighted by Crippen LogP contribution is 2.39. The molecule has 4 aromatic rings. The number of benzene rings is 2. The molecule has 27 heavy (non-hydrogen) atoms. The molecular formula is C19H13N5O3. The van der Waals surface area contributed by atoms with Crippen LogP contribution in [0, 0.1) is 0 Å². The normalized spacial score (nSPS) is 11.1. The van der Waals surface area contributed by atoms with Crippen LogP contribution in [-0.4, -0.2) is 21.2 Å². The van der Waals surface area contributed by atoms with E-state index in [0.717, 1.165) is 5.39 Å². The Kier molecular flexibility index (Phi) is 4.28. The van der Waals surface area contributed by atoms with Gasteiger partial charge in [0.25, 0.3) is 5.91 Å². The van der Waals surface area contributed by atoms with Crippen molar-refractivity contribution in [2.24, 2.45) is 10.2 Å². The number of anilines is 1. The van der Waals surface area contributed by atoms with E-state index < -0.39 is 5.91 Å². The molecule has 0 unspecified atom stereocenters. The van der Waals surface area contributed by atoms with Crippen molar-refractivity contribution in [3.8, 4) is 5.75 Å². The van der Waals surface area contributed by atoms with Crippen molar-refractivity contribution < 1.29 is 14.4 Å². The fourth-order valence-corrected chi connectivity index (χ4v) is 2.57. The largest absolute Gasteiger partial charge is 0.505 e. The second-order valence-corrected chi connectivity index (χ2v) is 5.59. The molecule has 0 aliphatic heterocycles. The summed E-state index contributed by atoms with van der Waals surface area (Å²) in [7, 11) is 0. The highest BCUT2D eigenvalue weighted by molar-refractivity contribution is 6.11. The maximum absolute atomic E-state index is 12.7. The molecule has 2 aromatic carbocycles. The minimum Gasteiger partial charge on any atom is -0.505 e. The number of nitrogens with one attached hydrogen (secondary N) is 1. The molecule has 0 saturated carbocycles. The van der Waals surface area contributed by atoms with Crippen LogP contribution in [0.15, 0.2) is 81.9 Å².